The SMILES string of the molecule is CC(C)C(=O)N1CCCC1C(=O)NCCN1C(=O)S/C(=C/c2ccc(F)cc2)C1=O. The second-order valence-electron chi connectivity index (χ2n) is 7.52. The highest BCUT2D eigenvalue weighted by molar-refractivity contribution is 8.18. The molecule has 160 valence electrons. The number of halogens is 1. The molecule has 1 unspecified atom stereocenters. The Kier molecular flexibility index (Phi) is 6.91. The number of carbonyl (C=O) groups excluding carboxylic acids is 4. The van der Waals surface area contributed by atoms with Gasteiger partial charge in [0.15, 0.2) is 0 Å². The first-order valence-corrected chi connectivity index (χ1v) is 10.7. The maximum absolute atomic E-state index is 13.0. The molecular formula is C21H24FN3O4S. The van der Waals surface area contributed by atoms with Crippen molar-refractivity contribution >= 4 is 40.8 Å². The third-order valence-electron chi connectivity index (χ3n) is 5.01. The molecule has 0 saturated carbocycles. The van der Waals surface area contributed by atoms with Crippen LogP contribution in [-0.4, -0.2) is 58.4 Å². The van der Waals surface area contributed by atoms with Gasteiger partial charge in [-0.25, -0.2) is 4.39 Å². The molecule has 2 heterocycles. The number of rotatable bonds is 6. The topological polar surface area (TPSA) is 86.8 Å². The lowest BCUT2D eigenvalue weighted by molar-refractivity contribution is -0.140. The first-order valence-electron chi connectivity index (χ1n) is 9.87. The molecule has 1 aromatic carbocycles. The van der Waals surface area contributed by atoms with Crippen LogP contribution >= 0.6 is 11.8 Å². The van der Waals surface area contributed by atoms with Crippen LogP contribution in [-0.2, 0) is 14.4 Å². The van der Waals surface area contributed by atoms with Crippen LogP contribution in [0.3, 0.4) is 0 Å². The van der Waals surface area contributed by atoms with E-state index in [2.05, 4.69) is 5.32 Å². The molecule has 2 fully saturated rings. The summed E-state index contributed by atoms with van der Waals surface area (Å²) < 4.78 is 13.0. The van der Waals surface area contributed by atoms with E-state index in [1.165, 1.54) is 30.3 Å². The predicted molar refractivity (Wildman–Crippen MR) is 112 cm³/mol. The molecule has 0 spiro atoms. The van der Waals surface area contributed by atoms with Gasteiger partial charge < -0.3 is 10.2 Å². The van der Waals surface area contributed by atoms with Crippen molar-refractivity contribution in [2.45, 2.75) is 32.7 Å². The Morgan fingerprint density at radius 3 is 2.63 bits per heavy atom. The lowest BCUT2D eigenvalue weighted by Crippen LogP contribution is -2.48. The second-order valence-corrected chi connectivity index (χ2v) is 8.51. The highest BCUT2D eigenvalue weighted by Gasteiger charge is 2.36. The summed E-state index contributed by atoms with van der Waals surface area (Å²) in [6.45, 7) is 4.32. The Balaban J connectivity index is 1.55. The number of benzene rings is 1. The minimum absolute atomic E-state index is 0.0437. The maximum atomic E-state index is 13.0. The summed E-state index contributed by atoms with van der Waals surface area (Å²) in [6.07, 6.45) is 2.91. The van der Waals surface area contributed by atoms with Crippen LogP contribution in [0.2, 0.25) is 0 Å². The number of nitrogens with zero attached hydrogens (tertiary/aromatic N) is 2. The molecule has 4 amide bonds. The quantitative estimate of drug-likeness (QED) is 0.697. The van der Waals surface area contributed by atoms with E-state index in [9.17, 15) is 23.6 Å². The van der Waals surface area contributed by atoms with Gasteiger partial charge in [0.05, 0.1) is 4.91 Å². The Morgan fingerprint density at radius 1 is 1.27 bits per heavy atom. The average Bonchev–Trinajstić information content (AvgIpc) is 3.29. The molecule has 1 N–H and O–H groups in total. The number of imide groups is 1. The minimum Gasteiger partial charge on any atom is -0.353 e. The Hall–Kier alpha value is -2.68. The minimum atomic E-state index is -0.506. The first-order chi connectivity index (χ1) is 14.3. The molecule has 30 heavy (non-hydrogen) atoms. The summed E-state index contributed by atoms with van der Waals surface area (Å²) in [5, 5.41) is 2.32. The zero-order valence-corrected chi connectivity index (χ0v) is 17.7. The van der Waals surface area contributed by atoms with Crippen LogP contribution in [0, 0.1) is 11.7 Å². The van der Waals surface area contributed by atoms with Crippen molar-refractivity contribution in [3.63, 3.8) is 0 Å². The van der Waals surface area contributed by atoms with Gasteiger partial charge in [-0.2, -0.15) is 0 Å². The lowest BCUT2D eigenvalue weighted by Gasteiger charge is -2.25. The molecule has 2 aliphatic rings. The standard InChI is InChI=1S/C21H24FN3O4S/c1-13(2)19(27)24-10-3-4-16(24)18(26)23-9-11-25-20(28)17(30-21(25)29)12-14-5-7-15(22)8-6-14/h5-8,12-13,16H,3-4,9-11H2,1-2H3,(H,23,26)/b17-12+. The van der Waals surface area contributed by atoms with E-state index in [1.807, 2.05) is 0 Å². The molecule has 1 atom stereocenters. The van der Waals surface area contributed by atoms with E-state index in [4.69, 9.17) is 0 Å². The van der Waals surface area contributed by atoms with E-state index in [0.717, 1.165) is 23.1 Å². The van der Waals surface area contributed by atoms with Crippen molar-refractivity contribution < 1.29 is 23.6 Å². The summed E-state index contributed by atoms with van der Waals surface area (Å²) in [6, 6.07) is 5.10. The third kappa shape index (κ3) is 4.89. The largest absolute Gasteiger partial charge is 0.353 e. The molecule has 2 aliphatic heterocycles. The fraction of sp³-hybridized carbons (Fsp3) is 0.429. The number of thioether (sulfide) groups is 1. The fourth-order valence-electron chi connectivity index (χ4n) is 3.45. The molecule has 1 aromatic rings. The Morgan fingerprint density at radius 2 is 1.97 bits per heavy atom. The van der Waals surface area contributed by atoms with Crippen molar-refractivity contribution in [2.24, 2.45) is 5.92 Å². The first kappa shape index (κ1) is 22.0. The van der Waals surface area contributed by atoms with Crippen LogP contribution in [0.5, 0.6) is 0 Å². The summed E-state index contributed by atoms with van der Waals surface area (Å²) in [5.41, 5.74) is 0.617. The van der Waals surface area contributed by atoms with Crippen molar-refractivity contribution in [2.75, 3.05) is 19.6 Å². The van der Waals surface area contributed by atoms with Gasteiger partial charge in [0, 0.05) is 25.6 Å². The summed E-state index contributed by atoms with van der Waals surface area (Å²) >= 11 is 0.812. The van der Waals surface area contributed by atoms with Gasteiger partial charge in [0.25, 0.3) is 11.1 Å². The van der Waals surface area contributed by atoms with Gasteiger partial charge in [-0.3, -0.25) is 24.1 Å². The van der Waals surface area contributed by atoms with Gasteiger partial charge >= 0.3 is 0 Å². The zero-order valence-electron chi connectivity index (χ0n) is 16.9. The molecule has 3 rings (SSSR count). The molecule has 0 aliphatic carbocycles. The van der Waals surface area contributed by atoms with Crippen LogP contribution in [0.15, 0.2) is 29.2 Å². The van der Waals surface area contributed by atoms with Crippen molar-refractivity contribution in [3.05, 3.63) is 40.6 Å². The number of likely N-dealkylation sites (tertiary alicyclic amines) is 1. The summed E-state index contributed by atoms with van der Waals surface area (Å²) in [4.78, 5) is 52.4. The second kappa shape index (κ2) is 9.42. The molecule has 7 nitrogen and oxygen atoms in total. The number of nitrogens with one attached hydrogen (secondary N) is 1. The maximum Gasteiger partial charge on any atom is 0.293 e. The highest BCUT2D eigenvalue weighted by Crippen LogP contribution is 2.32. The zero-order chi connectivity index (χ0) is 21.8. The van der Waals surface area contributed by atoms with Crippen LogP contribution in [0.1, 0.15) is 32.3 Å². The summed E-state index contributed by atoms with van der Waals surface area (Å²) in [7, 11) is 0. The van der Waals surface area contributed by atoms with E-state index >= 15 is 0 Å². The fourth-order valence-corrected chi connectivity index (χ4v) is 4.31. The van der Waals surface area contributed by atoms with Crippen molar-refractivity contribution in [1.29, 1.82) is 0 Å². The van der Waals surface area contributed by atoms with Gasteiger partial charge in [-0.15, -0.1) is 0 Å². The number of amides is 4. The average molecular weight is 434 g/mol. The smallest absolute Gasteiger partial charge is 0.293 e. The van der Waals surface area contributed by atoms with E-state index in [1.54, 1.807) is 18.7 Å². The summed E-state index contributed by atoms with van der Waals surface area (Å²) in [5.74, 6) is -1.32. The number of hydrogen-bond acceptors (Lipinski definition) is 5. The van der Waals surface area contributed by atoms with Crippen LogP contribution in [0.4, 0.5) is 9.18 Å². The van der Waals surface area contributed by atoms with E-state index < -0.39 is 17.2 Å². The van der Waals surface area contributed by atoms with E-state index in [-0.39, 0.29) is 41.5 Å². The van der Waals surface area contributed by atoms with Crippen LogP contribution in [0.25, 0.3) is 6.08 Å². The molecule has 2 saturated heterocycles. The predicted octanol–water partition coefficient (Wildman–Crippen LogP) is 2.63. The van der Waals surface area contributed by atoms with Gasteiger partial charge in [-0.05, 0) is 48.4 Å². The molecule has 9 heteroatoms. The molecule has 0 radical (unpaired) electrons. The highest BCUT2D eigenvalue weighted by atomic mass is 32.2. The molecule has 0 bridgehead atoms. The van der Waals surface area contributed by atoms with Gasteiger partial charge in [-0.1, -0.05) is 26.0 Å². The third-order valence-corrected chi connectivity index (χ3v) is 5.92. The van der Waals surface area contributed by atoms with Crippen molar-refractivity contribution in [1.82, 2.24) is 15.1 Å². The van der Waals surface area contributed by atoms with E-state index in [0.29, 0.717) is 18.5 Å². The van der Waals surface area contributed by atoms with Gasteiger partial charge in [0.1, 0.15) is 11.9 Å². The monoisotopic (exact) mass is 433 g/mol. The van der Waals surface area contributed by atoms with Crippen molar-refractivity contribution in [3.8, 4) is 0 Å². The van der Waals surface area contributed by atoms with Gasteiger partial charge in [0.2, 0.25) is 11.8 Å². The number of carbonyl (C=O) groups is 4. The Labute approximate surface area is 178 Å². The lowest BCUT2D eigenvalue weighted by atomic mass is 10.1. The Bertz CT molecular complexity index is 885. The van der Waals surface area contributed by atoms with Crippen LogP contribution < -0.4 is 5.32 Å². The molecule has 0 aromatic heterocycles. The number of hydrogen-bond donors (Lipinski definition) is 1. The normalized spacial score (nSPS) is 20.5. The molecular weight excluding hydrogens is 409 g/mol.